The van der Waals surface area contributed by atoms with Crippen molar-refractivity contribution >= 4 is 11.6 Å². The third kappa shape index (κ3) is 1.69. The van der Waals surface area contributed by atoms with Gasteiger partial charge in [0.25, 0.3) is 0 Å². The van der Waals surface area contributed by atoms with Crippen LogP contribution in [-0.2, 0) is 6.54 Å². The van der Waals surface area contributed by atoms with Crippen molar-refractivity contribution in [1.82, 2.24) is 14.8 Å². The van der Waals surface area contributed by atoms with Gasteiger partial charge in [0.1, 0.15) is 5.82 Å². The van der Waals surface area contributed by atoms with E-state index in [0.717, 1.165) is 24.7 Å². The van der Waals surface area contributed by atoms with Crippen molar-refractivity contribution in [3.05, 3.63) is 36.2 Å². The van der Waals surface area contributed by atoms with E-state index < -0.39 is 0 Å². The van der Waals surface area contributed by atoms with Gasteiger partial charge in [0.15, 0.2) is 0 Å². The van der Waals surface area contributed by atoms with Gasteiger partial charge in [-0.15, -0.1) is 0 Å². The molecule has 4 nitrogen and oxygen atoms in total. The number of aromatic nitrogens is 3. The highest BCUT2D eigenvalue weighted by atomic mass is 15.5. The van der Waals surface area contributed by atoms with Crippen LogP contribution in [0.25, 0.3) is 0 Å². The predicted octanol–water partition coefficient (Wildman–Crippen LogP) is 2.52. The average Bonchev–Trinajstić information content (AvgIpc) is 2.70. The zero-order valence-electron chi connectivity index (χ0n) is 10.2. The van der Waals surface area contributed by atoms with E-state index in [2.05, 4.69) is 46.2 Å². The van der Waals surface area contributed by atoms with E-state index in [0.29, 0.717) is 6.04 Å². The summed E-state index contributed by atoms with van der Waals surface area (Å²) in [5.74, 6) is 1.81. The van der Waals surface area contributed by atoms with Crippen molar-refractivity contribution in [2.24, 2.45) is 0 Å². The van der Waals surface area contributed by atoms with Crippen molar-refractivity contribution in [3.63, 3.8) is 0 Å². The summed E-state index contributed by atoms with van der Waals surface area (Å²) in [4.78, 5) is 6.80. The molecule has 4 heteroatoms. The lowest BCUT2D eigenvalue weighted by molar-refractivity contribution is 0.473. The third-order valence-electron chi connectivity index (χ3n) is 3.21. The Morgan fingerprint density at radius 3 is 2.76 bits per heavy atom. The molecule has 2 aromatic rings. The number of para-hydroxylation sites is 1. The summed E-state index contributed by atoms with van der Waals surface area (Å²) in [6.45, 7) is 5.14. The lowest BCUT2D eigenvalue weighted by Crippen LogP contribution is -2.36. The number of benzene rings is 1. The largest absolute Gasteiger partial charge is 0.308 e. The quantitative estimate of drug-likeness (QED) is 0.752. The van der Waals surface area contributed by atoms with Gasteiger partial charge in [-0.2, -0.15) is 10.1 Å². The first-order chi connectivity index (χ1) is 8.25. The van der Waals surface area contributed by atoms with Gasteiger partial charge in [-0.25, -0.2) is 4.68 Å². The molecule has 0 amide bonds. The highest BCUT2D eigenvalue weighted by Gasteiger charge is 2.26. The summed E-state index contributed by atoms with van der Waals surface area (Å²) in [5.41, 5.74) is 1.19. The Bertz CT molecular complexity index is 517. The van der Waals surface area contributed by atoms with Gasteiger partial charge < -0.3 is 4.90 Å². The fraction of sp³-hybridized carbons (Fsp3) is 0.385. The van der Waals surface area contributed by atoms with Crippen molar-refractivity contribution < 1.29 is 0 Å². The highest BCUT2D eigenvalue weighted by Crippen LogP contribution is 2.30. The molecule has 17 heavy (non-hydrogen) atoms. The van der Waals surface area contributed by atoms with Crippen LogP contribution in [0, 0.1) is 6.92 Å². The van der Waals surface area contributed by atoms with Gasteiger partial charge in [-0.1, -0.05) is 18.2 Å². The van der Waals surface area contributed by atoms with Crippen LogP contribution >= 0.6 is 0 Å². The number of hydrogen-bond acceptors (Lipinski definition) is 3. The summed E-state index contributed by atoms with van der Waals surface area (Å²) < 4.78 is 2.00. The molecule has 88 valence electrons. The SMILES string of the molecule is Cc1nc2n(n1)CC[C@H](C)N2c1ccccc1. The number of nitrogens with zero attached hydrogens (tertiary/aromatic N) is 4. The summed E-state index contributed by atoms with van der Waals surface area (Å²) in [5, 5.41) is 4.43. The minimum Gasteiger partial charge on any atom is -0.308 e. The number of rotatable bonds is 1. The van der Waals surface area contributed by atoms with Crippen LogP contribution < -0.4 is 4.90 Å². The van der Waals surface area contributed by atoms with Crippen molar-refractivity contribution in [2.75, 3.05) is 4.90 Å². The first kappa shape index (κ1) is 10.3. The first-order valence-corrected chi connectivity index (χ1v) is 6.01. The minimum atomic E-state index is 0.466. The van der Waals surface area contributed by atoms with E-state index in [4.69, 9.17) is 0 Å². The van der Waals surface area contributed by atoms with Gasteiger partial charge >= 0.3 is 0 Å². The molecule has 0 saturated carbocycles. The van der Waals surface area contributed by atoms with E-state index in [1.54, 1.807) is 0 Å². The number of fused-ring (bicyclic) bond motifs is 1. The Hall–Kier alpha value is -1.84. The normalized spacial score (nSPS) is 19.2. The van der Waals surface area contributed by atoms with E-state index in [9.17, 15) is 0 Å². The molecule has 0 saturated heterocycles. The monoisotopic (exact) mass is 228 g/mol. The molecular formula is C13H16N4. The molecule has 1 atom stereocenters. The second-order valence-electron chi connectivity index (χ2n) is 4.53. The smallest absolute Gasteiger partial charge is 0.228 e. The molecule has 1 aromatic heterocycles. The minimum absolute atomic E-state index is 0.466. The maximum atomic E-state index is 4.54. The van der Waals surface area contributed by atoms with Crippen LogP contribution in [0.4, 0.5) is 11.6 Å². The fourth-order valence-electron chi connectivity index (χ4n) is 2.37. The first-order valence-electron chi connectivity index (χ1n) is 6.01. The zero-order valence-corrected chi connectivity index (χ0v) is 10.2. The molecule has 1 aliphatic heterocycles. The second kappa shape index (κ2) is 3.87. The standard InChI is InChI=1S/C13H16N4/c1-10-8-9-16-13(14-11(2)15-16)17(10)12-6-4-3-5-7-12/h3-7,10H,8-9H2,1-2H3/t10-/m0/s1. The molecular weight excluding hydrogens is 212 g/mol. The van der Waals surface area contributed by atoms with Crippen molar-refractivity contribution in [2.45, 2.75) is 32.9 Å². The second-order valence-corrected chi connectivity index (χ2v) is 4.53. The van der Waals surface area contributed by atoms with Gasteiger partial charge in [-0.05, 0) is 32.4 Å². The van der Waals surface area contributed by atoms with Crippen LogP contribution in [0.15, 0.2) is 30.3 Å². The molecule has 3 rings (SSSR count). The van der Waals surface area contributed by atoms with Crippen LogP contribution in [0.1, 0.15) is 19.2 Å². The molecule has 0 unspecified atom stereocenters. The number of hydrogen-bond donors (Lipinski definition) is 0. The number of anilines is 2. The van der Waals surface area contributed by atoms with E-state index in [-0.39, 0.29) is 0 Å². The molecule has 0 N–H and O–H groups in total. The summed E-state index contributed by atoms with van der Waals surface area (Å²) >= 11 is 0. The maximum Gasteiger partial charge on any atom is 0.228 e. The van der Waals surface area contributed by atoms with E-state index in [1.165, 1.54) is 5.69 Å². The predicted molar refractivity (Wildman–Crippen MR) is 67.4 cm³/mol. The lowest BCUT2D eigenvalue weighted by Gasteiger charge is -2.34. The molecule has 0 aliphatic carbocycles. The molecule has 1 aliphatic rings. The summed E-state index contributed by atoms with van der Waals surface area (Å²) in [7, 11) is 0. The Morgan fingerprint density at radius 1 is 1.24 bits per heavy atom. The molecule has 0 fully saturated rings. The number of aryl methyl sites for hydroxylation is 2. The zero-order chi connectivity index (χ0) is 11.8. The van der Waals surface area contributed by atoms with E-state index in [1.807, 2.05) is 17.7 Å². The molecule has 0 bridgehead atoms. The Kier molecular flexibility index (Phi) is 2.35. The highest BCUT2D eigenvalue weighted by molar-refractivity contribution is 5.58. The molecule has 1 aromatic carbocycles. The van der Waals surface area contributed by atoms with Crippen LogP contribution in [0.2, 0.25) is 0 Å². The Balaban J connectivity index is 2.09. The molecule has 2 heterocycles. The summed E-state index contributed by atoms with van der Waals surface area (Å²) in [6.07, 6.45) is 1.10. The summed E-state index contributed by atoms with van der Waals surface area (Å²) in [6, 6.07) is 10.9. The van der Waals surface area contributed by atoms with Crippen LogP contribution in [0.5, 0.6) is 0 Å². The topological polar surface area (TPSA) is 34.0 Å². The van der Waals surface area contributed by atoms with Gasteiger partial charge in [0, 0.05) is 18.3 Å². The van der Waals surface area contributed by atoms with Gasteiger partial charge in [0.05, 0.1) is 0 Å². The van der Waals surface area contributed by atoms with Crippen molar-refractivity contribution in [3.8, 4) is 0 Å². The molecule has 0 radical (unpaired) electrons. The van der Waals surface area contributed by atoms with Crippen LogP contribution in [-0.4, -0.2) is 20.8 Å². The van der Waals surface area contributed by atoms with Crippen molar-refractivity contribution in [1.29, 1.82) is 0 Å². The van der Waals surface area contributed by atoms with Crippen LogP contribution in [0.3, 0.4) is 0 Å². The fourth-order valence-corrected chi connectivity index (χ4v) is 2.37. The maximum absolute atomic E-state index is 4.54. The van der Waals surface area contributed by atoms with E-state index >= 15 is 0 Å². The lowest BCUT2D eigenvalue weighted by atomic mass is 10.1. The Morgan fingerprint density at radius 2 is 2.00 bits per heavy atom. The third-order valence-corrected chi connectivity index (χ3v) is 3.21. The van der Waals surface area contributed by atoms with Gasteiger partial charge in [0.2, 0.25) is 5.95 Å². The average molecular weight is 228 g/mol. The van der Waals surface area contributed by atoms with Gasteiger partial charge in [-0.3, -0.25) is 0 Å². The Labute approximate surface area is 101 Å². The molecule has 0 spiro atoms.